The molecule has 4 aromatic rings. The lowest BCUT2D eigenvalue weighted by Crippen LogP contribution is -3.61. The highest BCUT2D eigenvalue weighted by molar-refractivity contribution is 5.23. The SMILES string of the molecule is CC(C)(C)c1ccc([I+]c2ccc(C(C)(C)C)cc2)cc1.c1ccc([I+]c2ccccc2)cc1. The van der Waals surface area contributed by atoms with Crippen LogP contribution < -0.4 is 42.4 Å². The van der Waals surface area contributed by atoms with E-state index in [1.807, 2.05) is 0 Å². The molecule has 0 spiro atoms. The minimum absolute atomic E-state index is 0.0287. The zero-order chi connectivity index (χ0) is 24.6. The third kappa shape index (κ3) is 8.84. The van der Waals surface area contributed by atoms with Crippen LogP contribution in [0.3, 0.4) is 0 Å². The van der Waals surface area contributed by atoms with Crippen molar-refractivity contribution in [2.24, 2.45) is 0 Å². The summed E-state index contributed by atoms with van der Waals surface area (Å²) in [5.41, 5.74) is 3.31. The maximum Gasteiger partial charge on any atom is 0.357 e. The molecular formula is C32H36I2+2. The first kappa shape index (κ1) is 26.9. The van der Waals surface area contributed by atoms with Gasteiger partial charge in [-0.05, 0) is 70.5 Å². The maximum atomic E-state index is 2.31. The summed E-state index contributed by atoms with van der Waals surface area (Å²) in [6, 6.07) is 39.8. The van der Waals surface area contributed by atoms with Crippen molar-refractivity contribution in [1.82, 2.24) is 0 Å². The molecule has 0 saturated heterocycles. The van der Waals surface area contributed by atoms with Crippen molar-refractivity contribution in [2.75, 3.05) is 0 Å². The number of halogens is 2. The Hall–Kier alpha value is -1.66. The van der Waals surface area contributed by atoms with Crippen molar-refractivity contribution >= 4 is 0 Å². The summed E-state index contributed by atoms with van der Waals surface area (Å²) >= 11 is -0.0416. The molecule has 0 aliphatic heterocycles. The molecule has 0 atom stereocenters. The molecule has 4 aromatic carbocycles. The monoisotopic (exact) mass is 674 g/mol. The zero-order valence-corrected chi connectivity index (χ0v) is 25.5. The standard InChI is InChI=1S/C20H26I.C12H10I/c1-19(2,3)15-7-11-17(12-8-15)21-18-13-9-16(10-14-18)20(4,5)6;1-3-7-11(8-4-1)13-12-9-5-2-6-10-12/h7-14H,1-6H3;1-10H/q2*+1. The van der Waals surface area contributed by atoms with Gasteiger partial charge in [0.05, 0.1) is 0 Å². The van der Waals surface area contributed by atoms with E-state index in [0.717, 1.165) is 0 Å². The van der Waals surface area contributed by atoms with E-state index in [1.165, 1.54) is 25.4 Å². The summed E-state index contributed by atoms with van der Waals surface area (Å²) in [6.07, 6.45) is 0. The molecule has 0 saturated carbocycles. The second-order valence-corrected chi connectivity index (χ2v) is 16.4. The lowest BCUT2D eigenvalue weighted by atomic mass is 9.87. The largest absolute Gasteiger partial charge is 0.357 e. The first-order valence-corrected chi connectivity index (χ1v) is 16.0. The topological polar surface area (TPSA) is 0 Å². The van der Waals surface area contributed by atoms with Gasteiger partial charge in [0.25, 0.3) is 0 Å². The molecule has 0 nitrogen and oxygen atoms in total. The van der Waals surface area contributed by atoms with Crippen molar-refractivity contribution < 1.29 is 42.4 Å². The third-order valence-electron chi connectivity index (χ3n) is 5.32. The van der Waals surface area contributed by atoms with Gasteiger partial charge in [0.2, 0.25) is 0 Å². The van der Waals surface area contributed by atoms with Crippen molar-refractivity contribution in [3.05, 3.63) is 135 Å². The molecule has 0 unspecified atom stereocenters. The van der Waals surface area contributed by atoms with E-state index in [2.05, 4.69) is 151 Å². The molecule has 176 valence electrons. The van der Waals surface area contributed by atoms with Gasteiger partial charge in [-0.2, -0.15) is 0 Å². The molecule has 34 heavy (non-hydrogen) atoms. The van der Waals surface area contributed by atoms with Crippen LogP contribution in [-0.2, 0) is 10.8 Å². The highest BCUT2D eigenvalue weighted by Gasteiger charge is 2.20. The van der Waals surface area contributed by atoms with Gasteiger partial charge >= 0.3 is 42.4 Å². The summed E-state index contributed by atoms with van der Waals surface area (Å²) in [5, 5.41) is 0. The quantitative estimate of drug-likeness (QED) is 0.292. The molecule has 2 heteroatoms. The highest BCUT2D eigenvalue weighted by atomic mass is 127. The second-order valence-electron chi connectivity index (χ2n) is 10.3. The van der Waals surface area contributed by atoms with E-state index < -0.39 is 0 Å². The van der Waals surface area contributed by atoms with Crippen LogP contribution in [0.15, 0.2) is 109 Å². The molecular weight excluding hydrogens is 638 g/mol. The first-order chi connectivity index (χ1) is 16.1. The van der Waals surface area contributed by atoms with E-state index in [-0.39, 0.29) is 53.2 Å². The van der Waals surface area contributed by atoms with Gasteiger partial charge in [0, 0.05) is 0 Å². The van der Waals surface area contributed by atoms with E-state index in [0.29, 0.717) is 0 Å². The lowest BCUT2D eigenvalue weighted by Gasteiger charge is -2.18. The van der Waals surface area contributed by atoms with Crippen LogP contribution in [0.2, 0.25) is 0 Å². The smallest absolute Gasteiger partial charge is 0.0619 e. The molecule has 0 amide bonds. The van der Waals surface area contributed by atoms with Gasteiger partial charge in [0.15, 0.2) is 14.3 Å². The summed E-state index contributed by atoms with van der Waals surface area (Å²) < 4.78 is 5.94. The molecule has 0 aliphatic rings. The summed E-state index contributed by atoms with van der Waals surface area (Å²) in [5.74, 6) is 0. The molecule has 0 heterocycles. The van der Waals surface area contributed by atoms with Crippen LogP contribution >= 0.6 is 0 Å². The van der Waals surface area contributed by atoms with Gasteiger partial charge in [-0.3, -0.25) is 0 Å². The lowest BCUT2D eigenvalue weighted by molar-refractivity contribution is -0.597. The Kier molecular flexibility index (Phi) is 9.78. The molecule has 0 aromatic heterocycles. The fraction of sp³-hybridized carbons (Fsp3) is 0.250. The van der Waals surface area contributed by atoms with Crippen LogP contribution in [-0.4, -0.2) is 0 Å². The van der Waals surface area contributed by atoms with Crippen LogP contribution in [0.1, 0.15) is 52.7 Å². The third-order valence-corrected chi connectivity index (χ3v) is 10.7. The second kappa shape index (κ2) is 12.3. The van der Waals surface area contributed by atoms with Crippen LogP contribution in [0.4, 0.5) is 0 Å². The summed E-state index contributed by atoms with van der Waals surface area (Å²) in [7, 11) is 0. The maximum absolute atomic E-state index is 2.31. The Labute approximate surface area is 227 Å². The van der Waals surface area contributed by atoms with Crippen LogP contribution in [0, 0.1) is 14.3 Å². The van der Waals surface area contributed by atoms with E-state index in [4.69, 9.17) is 0 Å². The fourth-order valence-electron chi connectivity index (χ4n) is 3.23. The Morgan fingerprint density at radius 3 is 0.882 bits per heavy atom. The van der Waals surface area contributed by atoms with Gasteiger partial charge in [-0.1, -0.05) is 102 Å². The Morgan fingerprint density at radius 2 is 0.618 bits per heavy atom. The van der Waals surface area contributed by atoms with Crippen LogP contribution in [0.5, 0.6) is 0 Å². The molecule has 4 rings (SSSR count). The predicted molar refractivity (Wildman–Crippen MR) is 138 cm³/mol. The average molecular weight is 674 g/mol. The Bertz CT molecular complexity index is 1020. The molecule has 0 aliphatic carbocycles. The Balaban J connectivity index is 0.000000212. The summed E-state index contributed by atoms with van der Waals surface area (Å²) in [4.78, 5) is 0. The van der Waals surface area contributed by atoms with Crippen molar-refractivity contribution in [2.45, 2.75) is 52.4 Å². The predicted octanol–water partition coefficient (Wildman–Crippen LogP) is 2.23. The van der Waals surface area contributed by atoms with Crippen molar-refractivity contribution in [1.29, 1.82) is 0 Å². The van der Waals surface area contributed by atoms with Crippen LogP contribution in [0.25, 0.3) is 0 Å². The Morgan fingerprint density at radius 1 is 0.353 bits per heavy atom. The minimum Gasteiger partial charge on any atom is -0.0619 e. The van der Waals surface area contributed by atoms with Crippen molar-refractivity contribution in [3.8, 4) is 0 Å². The van der Waals surface area contributed by atoms with E-state index >= 15 is 0 Å². The average Bonchev–Trinajstić information content (AvgIpc) is 2.80. The highest BCUT2D eigenvalue weighted by Crippen LogP contribution is 2.21. The van der Waals surface area contributed by atoms with Gasteiger partial charge < -0.3 is 0 Å². The molecule has 0 radical (unpaired) electrons. The van der Waals surface area contributed by atoms with Gasteiger partial charge in [0.1, 0.15) is 0 Å². The number of benzene rings is 4. The fourth-order valence-corrected chi connectivity index (χ4v) is 7.66. The molecule has 0 fully saturated rings. The van der Waals surface area contributed by atoms with E-state index in [9.17, 15) is 0 Å². The normalized spacial score (nSPS) is 11.5. The van der Waals surface area contributed by atoms with Crippen molar-refractivity contribution in [3.63, 3.8) is 0 Å². The molecule has 0 bridgehead atoms. The first-order valence-electron chi connectivity index (χ1n) is 11.7. The molecule has 0 N–H and O–H groups in total. The summed E-state index contributed by atoms with van der Waals surface area (Å²) in [6.45, 7) is 13.6. The number of hydrogen-bond donors (Lipinski definition) is 0. The van der Waals surface area contributed by atoms with Gasteiger partial charge in [-0.15, -0.1) is 0 Å². The minimum atomic E-state index is -0.0703. The zero-order valence-electron chi connectivity index (χ0n) is 21.1. The number of hydrogen-bond acceptors (Lipinski definition) is 0. The van der Waals surface area contributed by atoms with Gasteiger partial charge in [-0.25, -0.2) is 0 Å². The number of rotatable bonds is 4. The van der Waals surface area contributed by atoms with E-state index in [1.54, 1.807) is 0 Å².